The first-order chi connectivity index (χ1) is 16.1. The van der Waals surface area contributed by atoms with Crippen molar-refractivity contribution in [2.75, 3.05) is 32.7 Å². The molecule has 2 amide bonds. The molecule has 1 aromatic heterocycles. The fraction of sp³-hybridized carbons (Fsp3) is 0.455. The first kappa shape index (κ1) is 24.3. The van der Waals surface area contributed by atoms with Crippen LogP contribution < -0.4 is 0 Å². The molecule has 0 saturated carbocycles. The standard InChI is InChI=1S/C22H24F3N3O5S/c23-22(24,25)16-6-8-17(9-7-16)34(31,32)27-13-11-26(12-14-27)20(29)18-4-1-2-10-28(18)21(30)19-5-3-15-33-19/h3,5-9,15,18H,1-2,4,10-14H2. The van der Waals surface area contributed by atoms with Gasteiger partial charge in [0.25, 0.3) is 5.91 Å². The molecule has 2 fully saturated rings. The van der Waals surface area contributed by atoms with Crippen molar-refractivity contribution in [3.63, 3.8) is 0 Å². The molecule has 0 N–H and O–H groups in total. The van der Waals surface area contributed by atoms with E-state index >= 15 is 0 Å². The molecule has 2 aliphatic heterocycles. The lowest BCUT2D eigenvalue weighted by Crippen LogP contribution is -2.57. The highest BCUT2D eigenvalue weighted by Gasteiger charge is 2.38. The number of amides is 2. The van der Waals surface area contributed by atoms with E-state index in [0.717, 1.165) is 41.4 Å². The highest BCUT2D eigenvalue weighted by molar-refractivity contribution is 7.89. The quantitative estimate of drug-likeness (QED) is 0.645. The Labute approximate surface area is 195 Å². The van der Waals surface area contributed by atoms with Gasteiger partial charge in [-0.15, -0.1) is 0 Å². The van der Waals surface area contributed by atoms with Gasteiger partial charge in [0, 0.05) is 32.7 Å². The molecule has 0 aliphatic carbocycles. The zero-order chi connectivity index (χ0) is 24.5. The second kappa shape index (κ2) is 9.41. The fourth-order valence-electron chi connectivity index (χ4n) is 4.30. The monoisotopic (exact) mass is 499 g/mol. The second-order valence-corrected chi connectivity index (χ2v) is 10.2. The summed E-state index contributed by atoms with van der Waals surface area (Å²) in [6.07, 6.45) is -1.09. The third kappa shape index (κ3) is 4.83. The maximum atomic E-state index is 13.2. The Morgan fingerprint density at radius 1 is 0.941 bits per heavy atom. The maximum Gasteiger partial charge on any atom is 0.416 e. The van der Waals surface area contributed by atoms with Crippen molar-refractivity contribution in [3.8, 4) is 0 Å². The van der Waals surface area contributed by atoms with Crippen molar-refractivity contribution in [2.45, 2.75) is 36.4 Å². The van der Waals surface area contributed by atoms with Gasteiger partial charge in [0.2, 0.25) is 15.9 Å². The summed E-state index contributed by atoms with van der Waals surface area (Å²) in [6, 6.07) is 5.85. The fourth-order valence-corrected chi connectivity index (χ4v) is 5.72. The average molecular weight is 500 g/mol. The zero-order valence-electron chi connectivity index (χ0n) is 18.2. The van der Waals surface area contributed by atoms with Crippen LogP contribution in [0.15, 0.2) is 52.0 Å². The largest absolute Gasteiger partial charge is 0.459 e. The Bertz CT molecular complexity index is 1130. The Hall–Kier alpha value is -2.86. The molecule has 2 saturated heterocycles. The van der Waals surface area contributed by atoms with Crippen LogP contribution in [0.5, 0.6) is 0 Å². The van der Waals surface area contributed by atoms with Crippen LogP contribution in [-0.4, -0.2) is 73.1 Å². The molecule has 3 heterocycles. The van der Waals surface area contributed by atoms with Crippen molar-refractivity contribution >= 4 is 21.8 Å². The van der Waals surface area contributed by atoms with Crippen molar-refractivity contribution in [1.29, 1.82) is 0 Å². The van der Waals surface area contributed by atoms with Crippen LogP contribution in [0, 0.1) is 0 Å². The summed E-state index contributed by atoms with van der Waals surface area (Å²) in [6.45, 7) is 0.691. The molecule has 8 nitrogen and oxygen atoms in total. The van der Waals surface area contributed by atoms with E-state index in [1.54, 1.807) is 12.1 Å². The van der Waals surface area contributed by atoms with Crippen LogP contribution >= 0.6 is 0 Å². The molecular weight excluding hydrogens is 475 g/mol. The molecule has 1 atom stereocenters. The number of benzene rings is 1. The third-order valence-electron chi connectivity index (χ3n) is 6.15. The van der Waals surface area contributed by atoms with E-state index in [2.05, 4.69) is 0 Å². The molecule has 12 heteroatoms. The molecule has 2 aromatic rings. The number of carbonyl (C=O) groups excluding carboxylic acids is 2. The first-order valence-corrected chi connectivity index (χ1v) is 12.3. The van der Waals surface area contributed by atoms with Crippen LogP contribution in [-0.2, 0) is 21.0 Å². The van der Waals surface area contributed by atoms with Crippen LogP contribution in [0.4, 0.5) is 13.2 Å². The minimum atomic E-state index is -4.56. The summed E-state index contributed by atoms with van der Waals surface area (Å²) in [4.78, 5) is 28.8. The predicted octanol–water partition coefficient (Wildman–Crippen LogP) is 2.83. The highest BCUT2D eigenvalue weighted by atomic mass is 32.2. The van der Waals surface area contributed by atoms with Crippen LogP contribution in [0.25, 0.3) is 0 Å². The van der Waals surface area contributed by atoms with Gasteiger partial charge in [-0.05, 0) is 55.7 Å². The number of piperidine rings is 1. The summed E-state index contributed by atoms with van der Waals surface area (Å²) in [5.41, 5.74) is -0.928. The lowest BCUT2D eigenvalue weighted by atomic mass is 10.00. The molecule has 34 heavy (non-hydrogen) atoms. The van der Waals surface area contributed by atoms with E-state index in [1.807, 2.05) is 0 Å². The number of alkyl halides is 3. The van der Waals surface area contributed by atoms with Crippen molar-refractivity contribution < 1.29 is 35.6 Å². The zero-order valence-corrected chi connectivity index (χ0v) is 19.0. The number of hydrogen-bond donors (Lipinski definition) is 0. The lowest BCUT2D eigenvalue weighted by molar-refractivity contribution is -0.138. The average Bonchev–Trinajstić information content (AvgIpc) is 3.38. The second-order valence-electron chi connectivity index (χ2n) is 8.24. The van der Waals surface area contributed by atoms with Gasteiger partial charge in [-0.3, -0.25) is 9.59 Å². The Balaban J connectivity index is 1.41. The number of rotatable bonds is 4. The number of furan rings is 1. The summed E-state index contributed by atoms with van der Waals surface area (Å²) in [5.74, 6) is -0.440. The molecule has 0 bridgehead atoms. The lowest BCUT2D eigenvalue weighted by Gasteiger charge is -2.40. The van der Waals surface area contributed by atoms with Crippen molar-refractivity contribution in [1.82, 2.24) is 14.1 Å². The third-order valence-corrected chi connectivity index (χ3v) is 8.06. The smallest absolute Gasteiger partial charge is 0.416 e. The maximum absolute atomic E-state index is 13.2. The number of hydrogen-bond acceptors (Lipinski definition) is 5. The molecule has 0 radical (unpaired) electrons. The minimum Gasteiger partial charge on any atom is -0.459 e. The molecule has 184 valence electrons. The Morgan fingerprint density at radius 3 is 2.21 bits per heavy atom. The normalized spacial score (nSPS) is 20.4. The van der Waals surface area contributed by atoms with E-state index in [4.69, 9.17) is 4.42 Å². The predicted molar refractivity (Wildman–Crippen MR) is 114 cm³/mol. The van der Waals surface area contributed by atoms with Gasteiger partial charge in [-0.1, -0.05) is 0 Å². The number of carbonyl (C=O) groups is 2. The van der Waals surface area contributed by atoms with Gasteiger partial charge in [-0.25, -0.2) is 8.42 Å². The molecule has 0 spiro atoms. The Kier molecular flexibility index (Phi) is 6.72. The number of likely N-dealkylation sites (tertiary alicyclic amines) is 1. The SMILES string of the molecule is O=C(C1CCCCN1C(=O)c1ccco1)N1CCN(S(=O)(=O)c2ccc(C(F)(F)F)cc2)CC1. The van der Waals surface area contributed by atoms with E-state index in [9.17, 15) is 31.2 Å². The van der Waals surface area contributed by atoms with Gasteiger partial charge in [0.15, 0.2) is 5.76 Å². The van der Waals surface area contributed by atoms with E-state index in [1.165, 1.54) is 16.1 Å². The summed E-state index contributed by atoms with van der Waals surface area (Å²) in [7, 11) is -4.00. The first-order valence-electron chi connectivity index (χ1n) is 10.9. The van der Waals surface area contributed by atoms with Crippen LogP contribution in [0.2, 0.25) is 0 Å². The van der Waals surface area contributed by atoms with Gasteiger partial charge in [-0.2, -0.15) is 17.5 Å². The van der Waals surface area contributed by atoms with Crippen LogP contribution in [0.1, 0.15) is 35.4 Å². The van der Waals surface area contributed by atoms with Gasteiger partial charge in [0.05, 0.1) is 16.7 Å². The minimum absolute atomic E-state index is 0.00788. The molecule has 2 aliphatic rings. The molecule has 1 aromatic carbocycles. The van der Waals surface area contributed by atoms with Crippen LogP contribution in [0.3, 0.4) is 0 Å². The summed E-state index contributed by atoms with van der Waals surface area (Å²) < 4.78 is 70.4. The number of nitrogens with zero attached hydrogens (tertiary/aromatic N) is 3. The summed E-state index contributed by atoms with van der Waals surface area (Å²) >= 11 is 0. The van der Waals surface area contributed by atoms with Gasteiger partial charge >= 0.3 is 6.18 Å². The number of halogens is 3. The topological polar surface area (TPSA) is 91.1 Å². The number of piperazine rings is 1. The van der Waals surface area contributed by atoms with Gasteiger partial charge < -0.3 is 14.2 Å². The van der Waals surface area contributed by atoms with E-state index in [0.29, 0.717) is 13.0 Å². The molecule has 4 rings (SSSR count). The molecule has 1 unspecified atom stereocenters. The van der Waals surface area contributed by atoms with Crippen molar-refractivity contribution in [2.24, 2.45) is 0 Å². The van der Waals surface area contributed by atoms with E-state index < -0.39 is 27.8 Å². The number of sulfonamides is 1. The van der Waals surface area contributed by atoms with E-state index in [-0.39, 0.29) is 48.6 Å². The molecular formula is C22H24F3N3O5S. The summed E-state index contributed by atoms with van der Waals surface area (Å²) in [5, 5.41) is 0. The highest BCUT2D eigenvalue weighted by Crippen LogP contribution is 2.30. The van der Waals surface area contributed by atoms with Crippen molar-refractivity contribution in [3.05, 3.63) is 54.0 Å². The Morgan fingerprint density at radius 2 is 1.62 bits per heavy atom. The van der Waals surface area contributed by atoms with Gasteiger partial charge in [0.1, 0.15) is 6.04 Å².